The summed E-state index contributed by atoms with van der Waals surface area (Å²) in [5.74, 6) is 0. The molecule has 0 spiro atoms. The van der Waals surface area contributed by atoms with Gasteiger partial charge in [-0.25, -0.2) is 4.21 Å². The Morgan fingerprint density at radius 2 is 1.59 bits per heavy atom. The lowest BCUT2D eigenvalue weighted by atomic mass is 10.2. The maximum Gasteiger partial charge on any atom is 0.0776 e. The maximum absolute atomic E-state index is 11.9. The fraction of sp³-hybridized carbons (Fsp3) is 0. The van der Waals surface area contributed by atoms with Gasteiger partial charge in [-0.15, -0.1) is 0 Å². The molecule has 17 heavy (non-hydrogen) atoms. The minimum atomic E-state index is -1.09. The van der Waals surface area contributed by atoms with Crippen LogP contribution in [0.4, 0.5) is 0 Å². The first-order valence-corrected chi connectivity index (χ1v) is 7.16. The highest BCUT2D eigenvalue weighted by Crippen LogP contribution is 2.14. The molecule has 1 atom stereocenters. The van der Waals surface area contributed by atoms with Crippen LogP contribution in [-0.4, -0.2) is 4.21 Å². The molecule has 2 rings (SSSR count). The molecule has 0 heterocycles. The van der Waals surface area contributed by atoms with E-state index >= 15 is 0 Å². The van der Waals surface area contributed by atoms with E-state index in [9.17, 15) is 4.21 Å². The van der Waals surface area contributed by atoms with Crippen molar-refractivity contribution in [2.75, 3.05) is 0 Å². The fourth-order valence-corrected chi connectivity index (χ4v) is 2.46. The predicted octanol–water partition coefficient (Wildman–Crippen LogP) is 4.23. The second-order valence-corrected chi connectivity index (χ2v) is 5.72. The molecule has 2 aromatic carbocycles. The predicted molar refractivity (Wildman–Crippen MR) is 76.0 cm³/mol. The summed E-state index contributed by atoms with van der Waals surface area (Å²) in [6.07, 6.45) is 1.87. The first kappa shape index (κ1) is 12.3. The third-order valence-electron chi connectivity index (χ3n) is 2.23. The molecule has 0 radical (unpaired) electrons. The molecule has 2 aromatic rings. The Bertz CT molecular complexity index is 532. The molecular weight excluding hydrogens is 296 g/mol. The monoisotopic (exact) mass is 306 g/mol. The van der Waals surface area contributed by atoms with E-state index in [0.29, 0.717) is 0 Å². The molecule has 1 unspecified atom stereocenters. The normalized spacial score (nSPS) is 12.8. The molecule has 0 aliphatic heterocycles. The minimum Gasteiger partial charge on any atom is -0.250 e. The summed E-state index contributed by atoms with van der Waals surface area (Å²) >= 11 is 3.35. The van der Waals surface area contributed by atoms with Crippen molar-refractivity contribution < 1.29 is 4.21 Å². The number of rotatable bonds is 3. The largest absolute Gasteiger partial charge is 0.250 e. The second-order valence-electron chi connectivity index (χ2n) is 3.46. The van der Waals surface area contributed by atoms with Gasteiger partial charge in [-0.3, -0.25) is 0 Å². The number of hydrogen-bond donors (Lipinski definition) is 0. The van der Waals surface area contributed by atoms with Crippen LogP contribution in [0.5, 0.6) is 0 Å². The Hall–Kier alpha value is -1.19. The van der Waals surface area contributed by atoms with Crippen molar-refractivity contribution in [1.82, 2.24) is 0 Å². The molecule has 0 aliphatic rings. The van der Waals surface area contributed by atoms with Crippen LogP contribution < -0.4 is 0 Å². The lowest BCUT2D eigenvalue weighted by Gasteiger charge is -1.97. The Kier molecular flexibility index (Phi) is 4.29. The molecule has 1 nitrogen and oxygen atoms in total. The highest BCUT2D eigenvalue weighted by molar-refractivity contribution is 9.10. The van der Waals surface area contributed by atoms with E-state index in [4.69, 9.17) is 0 Å². The third kappa shape index (κ3) is 3.65. The lowest BCUT2D eigenvalue weighted by Crippen LogP contribution is -1.85. The summed E-state index contributed by atoms with van der Waals surface area (Å²) < 4.78 is 12.9. The summed E-state index contributed by atoms with van der Waals surface area (Å²) in [6, 6.07) is 17.3. The van der Waals surface area contributed by atoms with Crippen LogP contribution in [0.25, 0.3) is 6.08 Å². The molecule has 3 heteroatoms. The van der Waals surface area contributed by atoms with E-state index in [-0.39, 0.29) is 0 Å². The van der Waals surface area contributed by atoms with Crippen molar-refractivity contribution in [3.05, 3.63) is 70.0 Å². The summed E-state index contributed by atoms with van der Waals surface area (Å²) in [5, 5.41) is 1.71. The van der Waals surface area contributed by atoms with Gasteiger partial charge in [0, 0.05) is 14.8 Å². The third-order valence-corrected chi connectivity index (χ3v) is 3.88. The van der Waals surface area contributed by atoms with Crippen LogP contribution in [0, 0.1) is 0 Å². The van der Waals surface area contributed by atoms with Crippen LogP contribution >= 0.6 is 15.9 Å². The quantitative estimate of drug-likeness (QED) is 0.829. The summed E-state index contributed by atoms with van der Waals surface area (Å²) in [6.45, 7) is 0. The first-order chi connectivity index (χ1) is 8.25. The van der Waals surface area contributed by atoms with Crippen LogP contribution in [0.15, 0.2) is 69.4 Å². The molecule has 0 amide bonds. The van der Waals surface area contributed by atoms with Gasteiger partial charge in [0.1, 0.15) is 0 Å². The Labute approximate surface area is 112 Å². The van der Waals surface area contributed by atoms with Crippen molar-refractivity contribution in [2.24, 2.45) is 0 Å². The van der Waals surface area contributed by atoms with E-state index < -0.39 is 10.8 Å². The standard InChI is InChI=1S/C14H11BrOS/c15-13-6-8-14(9-7-13)17(16)11-10-12-4-2-1-3-5-12/h1-11H. The van der Waals surface area contributed by atoms with Crippen molar-refractivity contribution in [3.8, 4) is 0 Å². The second kappa shape index (κ2) is 5.94. The topological polar surface area (TPSA) is 17.1 Å². The highest BCUT2D eigenvalue weighted by atomic mass is 79.9. The van der Waals surface area contributed by atoms with Crippen LogP contribution in [0.1, 0.15) is 5.56 Å². The van der Waals surface area contributed by atoms with Gasteiger partial charge in [-0.05, 0) is 35.9 Å². The molecule has 0 aliphatic carbocycles. The van der Waals surface area contributed by atoms with Gasteiger partial charge in [-0.2, -0.15) is 0 Å². The fourth-order valence-electron chi connectivity index (χ4n) is 1.35. The lowest BCUT2D eigenvalue weighted by molar-refractivity contribution is 0.688. The van der Waals surface area contributed by atoms with Crippen molar-refractivity contribution in [3.63, 3.8) is 0 Å². The zero-order chi connectivity index (χ0) is 12.1. The molecule has 0 saturated heterocycles. The van der Waals surface area contributed by atoms with Gasteiger partial charge in [0.25, 0.3) is 0 Å². The van der Waals surface area contributed by atoms with Gasteiger partial charge in [0.2, 0.25) is 0 Å². The molecule has 0 aromatic heterocycles. The number of halogens is 1. The van der Waals surface area contributed by atoms with Gasteiger partial charge in [0.15, 0.2) is 0 Å². The zero-order valence-electron chi connectivity index (χ0n) is 9.05. The molecule has 0 fully saturated rings. The van der Waals surface area contributed by atoms with Crippen molar-refractivity contribution >= 4 is 32.8 Å². The summed E-state index contributed by atoms with van der Waals surface area (Å²) in [4.78, 5) is 0.806. The maximum atomic E-state index is 11.9. The SMILES string of the molecule is O=S(C=Cc1ccccc1)c1ccc(Br)cc1. The Morgan fingerprint density at radius 1 is 0.941 bits per heavy atom. The van der Waals surface area contributed by atoms with Crippen molar-refractivity contribution in [1.29, 1.82) is 0 Å². The summed E-state index contributed by atoms with van der Waals surface area (Å²) in [5.41, 5.74) is 1.05. The van der Waals surface area contributed by atoms with E-state index in [1.807, 2.05) is 60.7 Å². The van der Waals surface area contributed by atoms with Gasteiger partial charge >= 0.3 is 0 Å². The average molecular weight is 307 g/mol. The Balaban J connectivity index is 2.12. The summed E-state index contributed by atoms with van der Waals surface area (Å²) in [7, 11) is -1.09. The zero-order valence-corrected chi connectivity index (χ0v) is 11.4. The van der Waals surface area contributed by atoms with Gasteiger partial charge < -0.3 is 0 Å². The van der Waals surface area contributed by atoms with Crippen LogP contribution in [0.2, 0.25) is 0 Å². The van der Waals surface area contributed by atoms with E-state index in [0.717, 1.165) is 14.9 Å². The minimum absolute atomic E-state index is 0.806. The van der Waals surface area contributed by atoms with E-state index in [1.54, 1.807) is 5.41 Å². The Morgan fingerprint density at radius 3 is 2.24 bits per heavy atom. The number of hydrogen-bond acceptors (Lipinski definition) is 1. The van der Waals surface area contributed by atoms with Gasteiger partial charge in [0.05, 0.1) is 10.8 Å². The van der Waals surface area contributed by atoms with Crippen molar-refractivity contribution in [2.45, 2.75) is 4.90 Å². The molecule has 0 bridgehead atoms. The van der Waals surface area contributed by atoms with Crippen LogP contribution in [0.3, 0.4) is 0 Å². The average Bonchev–Trinajstić information content (AvgIpc) is 2.38. The molecule has 0 saturated carbocycles. The molecular formula is C14H11BrOS. The van der Waals surface area contributed by atoms with Gasteiger partial charge in [-0.1, -0.05) is 46.3 Å². The smallest absolute Gasteiger partial charge is 0.0776 e. The highest BCUT2D eigenvalue weighted by Gasteiger charge is 1.98. The molecule has 0 N–H and O–H groups in total. The van der Waals surface area contributed by atoms with E-state index in [2.05, 4.69) is 15.9 Å². The first-order valence-electron chi connectivity index (χ1n) is 5.15. The molecule has 86 valence electrons. The van der Waals surface area contributed by atoms with E-state index in [1.165, 1.54) is 0 Å². The number of benzene rings is 2. The van der Waals surface area contributed by atoms with Crippen LogP contribution in [-0.2, 0) is 10.8 Å².